The van der Waals surface area contributed by atoms with Gasteiger partial charge in [0, 0.05) is 26.2 Å². The van der Waals surface area contributed by atoms with Crippen LogP contribution in [0.3, 0.4) is 0 Å². The summed E-state index contributed by atoms with van der Waals surface area (Å²) in [4.78, 5) is 11.6. The molecule has 2 aromatic heterocycles. The van der Waals surface area contributed by atoms with Gasteiger partial charge in [0.25, 0.3) is 0 Å². The number of hydrogen-bond acceptors (Lipinski definition) is 5. The molecule has 0 saturated carbocycles. The Bertz CT molecular complexity index is 582. The molecule has 3 rings (SSSR count). The van der Waals surface area contributed by atoms with Gasteiger partial charge in [-0.15, -0.1) is 0 Å². The van der Waals surface area contributed by atoms with Crippen molar-refractivity contribution in [1.82, 2.24) is 19.7 Å². The monoisotopic (exact) mass is 260 g/mol. The summed E-state index contributed by atoms with van der Waals surface area (Å²) in [5.74, 6) is 1.70. The summed E-state index contributed by atoms with van der Waals surface area (Å²) in [6, 6.07) is 0.338. The van der Waals surface area contributed by atoms with Crippen LogP contribution in [0.5, 0.6) is 0 Å². The Hall–Kier alpha value is -1.85. The van der Waals surface area contributed by atoms with Crippen molar-refractivity contribution >= 4 is 22.8 Å². The third-order valence-electron chi connectivity index (χ3n) is 3.39. The molecular weight excluding hydrogens is 240 g/mol. The first kappa shape index (κ1) is 12.2. The molecule has 0 spiro atoms. The van der Waals surface area contributed by atoms with Gasteiger partial charge in [-0.1, -0.05) is 0 Å². The summed E-state index contributed by atoms with van der Waals surface area (Å²) in [5, 5.41) is 8.67. The number of anilines is 2. The molecule has 0 radical (unpaired) electrons. The molecule has 0 atom stereocenters. The number of aromatic nitrogens is 4. The van der Waals surface area contributed by atoms with Gasteiger partial charge in [-0.3, -0.25) is 4.68 Å². The van der Waals surface area contributed by atoms with Crippen molar-refractivity contribution < 1.29 is 0 Å². The molecule has 1 N–H and O–H groups in total. The Balaban J connectivity index is 2.10. The molecule has 0 bridgehead atoms. The zero-order valence-corrected chi connectivity index (χ0v) is 11.7. The third kappa shape index (κ3) is 2.22. The molecule has 0 unspecified atom stereocenters. The second-order valence-corrected chi connectivity index (χ2v) is 5.37. The molecule has 6 heteroatoms. The Morgan fingerprint density at radius 1 is 1.21 bits per heavy atom. The van der Waals surface area contributed by atoms with Gasteiger partial charge in [-0.2, -0.15) is 15.1 Å². The summed E-state index contributed by atoms with van der Waals surface area (Å²) in [6.45, 7) is 6.31. The minimum Gasteiger partial charge on any atom is -0.367 e. The largest absolute Gasteiger partial charge is 0.367 e. The Morgan fingerprint density at radius 2 is 1.95 bits per heavy atom. The predicted octanol–water partition coefficient (Wildman–Crippen LogP) is 1.78. The van der Waals surface area contributed by atoms with Crippen LogP contribution in [0.25, 0.3) is 11.0 Å². The molecule has 6 nitrogen and oxygen atoms in total. The van der Waals surface area contributed by atoms with Crippen LogP contribution >= 0.6 is 0 Å². The van der Waals surface area contributed by atoms with Gasteiger partial charge in [0.15, 0.2) is 5.65 Å². The molecule has 102 valence electrons. The van der Waals surface area contributed by atoms with E-state index in [0.717, 1.165) is 35.9 Å². The zero-order chi connectivity index (χ0) is 13.4. The molecule has 2 aromatic rings. The van der Waals surface area contributed by atoms with Gasteiger partial charge >= 0.3 is 0 Å². The van der Waals surface area contributed by atoms with Crippen LogP contribution in [0.4, 0.5) is 11.8 Å². The quantitative estimate of drug-likeness (QED) is 0.911. The number of hydrogen-bond donors (Lipinski definition) is 1. The van der Waals surface area contributed by atoms with Gasteiger partial charge in [-0.05, 0) is 26.7 Å². The van der Waals surface area contributed by atoms with Crippen molar-refractivity contribution in [2.45, 2.75) is 32.7 Å². The van der Waals surface area contributed by atoms with E-state index in [-0.39, 0.29) is 0 Å². The SMILES string of the molecule is CC(C)Nc1nc(N2CCCC2)nc2c1cnn2C. The molecule has 1 aliphatic rings. The van der Waals surface area contributed by atoms with Crippen LogP contribution in [0, 0.1) is 0 Å². The van der Waals surface area contributed by atoms with Crippen molar-refractivity contribution in [2.75, 3.05) is 23.3 Å². The first-order valence-electron chi connectivity index (χ1n) is 6.86. The van der Waals surface area contributed by atoms with Crippen LogP contribution in [0.1, 0.15) is 26.7 Å². The van der Waals surface area contributed by atoms with Crippen molar-refractivity contribution in [3.8, 4) is 0 Å². The average Bonchev–Trinajstić information content (AvgIpc) is 2.99. The maximum Gasteiger partial charge on any atom is 0.229 e. The van der Waals surface area contributed by atoms with Crippen molar-refractivity contribution in [3.63, 3.8) is 0 Å². The number of rotatable bonds is 3. The number of nitrogens with one attached hydrogen (secondary N) is 1. The molecule has 19 heavy (non-hydrogen) atoms. The lowest BCUT2D eigenvalue weighted by Crippen LogP contribution is -2.22. The maximum absolute atomic E-state index is 4.69. The molecule has 1 fully saturated rings. The second-order valence-electron chi connectivity index (χ2n) is 5.37. The van der Waals surface area contributed by atoms with E-state index in [2.05, 4.69) is 39.1 Å². The predicted molar refractivity (Wildman–Crippen MR) is 76.5 cm³/mol. The highest BCUT2D eigenvalue weighted by Gasteiger charge is 2.19. The fourth-order valence-electron chi connectivity index (χ4n) is 2.45. The molecule has 0 amide bonds. The highest BCUT2D eigenvalue weighted by atomic mass is 15.3. The second kappa shape index (κ2) is 4.68. The Kier molecular flexibility index (Phi) is 3.00. The van der Waals surface area contributed by atoms with Gasteiger partial charge in [-0.25, -0.2) is 0 Å². The Morgan fingerprint density at radius 3 is 2.63 bits per heavy atom. The summed E-state index contributed by atoms with van der Waals surface area (Å²) in [5.41, 5.74) is 0.889. The number of fused-ring (bicyclic) bond motifs is 1. The summed E-state index contributed by atoms with van der Waals surface area (Å²) >= 11 is 0. The molecule has 3 heterocycles. The van der Waals surface area contributed by atoms with Gasteiger partial charge < -0.3 is 10.2 Å². The molecule has 0 aromatic carbocycles. The van der Waals surface area contributed by atoms with E-state index in [4.69, 9.17) is 0 Å². The first-order chi connectivity index (χ1) is 9.15. The molecule has 0 aliphatic carbocycles. The molecule has 1 saturated heterocycles. The highest BCUT2D eigenvalue weighted by molar-refractivity contribution is 5.87. The number of aryl methyl sites for hydroxylation is 1. The Labute approximate surface area is 112 Å². The fraction of sp³-hybridized carbons (Fsp3) is 0.615. The van der Waals surface area contributed by atoms with Crippen LogP contribution in [-0.4, -0.2) is 38.9 Å². The van der Waals surface area contributed by atoms with Crippen molar-refractivity contribution in [2.24, 2.45) is 7.05 Å². The van der Waals surface area contributed by atoms with E-state index in [1.165, 1.54) is 12.8 Å². The first-order valence-corrected chi connectivity index (χ1v) is 6.86. The topological polar surface area (TPSA) is 58.9 Å². The molecule has 1 aliphatic heterocycles. The van der Waals surface area contributed by atoms with Crippen molar-refractivity contribution in [1.29, 1.82) is 0 Å². The van der Waals surface area contributed by atoms with Crippen LogP contribution < -0.4 is 10.2 Å². The smallest absolute Gasteiger partial charge is 0.229 e. The van der Waals surface area contributed by atoms with E-state index >= 15 is 0 Å². The van der Waals surface area contributed by atoms with E-state index < -0.39 is 0 Å². The van der Waals surface area contributed by atoms with Gasteiger partial charge in [0.1, 0.15) is 5.82 Å². The summed E-state index contributed by atoms with van der Waals surface area (Å²) < 4.78 is 1.81. The standard InChI is InChI=1S/C13H20N6/c1-9(2)15-11-10-8-14-18(3)12(10)17-13(16-11)19-6-4-5-7-19/h8-9H,4-7H2,1-3H3,(H,15,16,17). The third-order valence-corrected chi connectivity index (χ3v) is 3.39. The van der Waals surface area contributed by atoms with Crippen LogP contribution in [0.2, 0.25) is 0 Å². The van der Waals surface area contributed by atoms with Crippen LogP contribution in [-0.2, 0) is 7.05 Å². The van der Waals surface area contributed by atoms with Crippen molar-refractivity contribution in [3.05, 3.63) is 6.20 Å². The minimum atomic E-state index is 0.338. The fourth-order valence-corrected chi connectivity index (χ4v) is 2.45. The van der Waals surface area contributed by atoms with E-state index in [9.17, 15) is 0 Å². The molecular formula is C13H20N6. The summed E-state index contributed by atoms with van der Waals surface area (Å²) in [6.07, 6.45) is 4.27. The zero-order valence-electron chi connectivity index (χ0n) is 11.7. The van der Waals surface area contributed by atoms with E-state index in [0.29, 0.717) is 6.04 Å². The van der Waals surface area contributed by atoms with E-state index in [1.54, 1.807) is 0 Å². The van der Waals surface area contributed by atoms with Crippen LogP contribution in [0.15, 0.2) is 6.20 Å². The number of nitrogens with zero attached hydrogens (tertiary/aromatic N) is 5. The average molecular weight is 260 g/mol. The lowest BCUT2D eigenvalue weighted by molar-refractivity contribution is 0.781. The van der Waals surface area contributed by atoms with E-state index in [1.807, 2.05) is 17.9 Å². The lowest BCUT2D eigenvalue weighted by Gasteiger charge is -2.17. The van der Waals surface area contributed by atoms with Gasteiger partial charge in [0.05, 0.1) is 11.6 Å². The normalized spacial score (nSPS) is 15.7. The highest BCUT2D eigenvalue weighted by Crippen LogP contribution is 2.25. The lowest BCUT2D eigenvalue weighted by atomic mass is 10.3. The summed E-state index contributed by atoms with van der Waals surface area (Å²) in [7, 11) is 1.92. The van der Waals surface area contributed by atoms with Gasteiger partial charge in [0.2, 0.25) is 5.95 Å². The maximum atomic E-state index is 4.69. The minimum absolute atomic E-state index is 0.338.